The molecule has 0 atom stereocenters. The first-order valence-electron chi connectivity index (χ1n) is 5.14. The van der Waals surface area contributed by atoms with Crippen molar-refractivity contribution >= 4 is 23.4 Å². The zero-order valence-electron chi connectivity index (χ0n) is 9.39. The van der Waals surface area contributed by atoms with E-state index in [4.69, 9.17) is 17.3 Å². The minimum atomic E-state index is 0.207. The monoisotopic (exact) mass is 252 g/mol. The summed E-state index contributed by atoms with van der Waals surface area (Å²) in [5, 5.41) is 7.67. The Morgan fingerprint density at radius 2 is 2.29 bits per heavy atom. The Morgan fingerprint density at radius 1 is 1.47 bits per heavy atom. The van der Waals surface area contributed by atoms with E-state index < -0.39 is 0 Å². The maximum atomic E-state index is 5.92. The van der Waals surface area contributed by atoms with Crippen LogP contribution in [0.4, 0.5) is 11.8 Å². The molecule has 0 aliphatic carbocycles. The summed E-state index contributed by atoms with van der Waals surface area (Å²) in [7, 11) is 1.89. The Labute approximate surface area is 104 Å². The number of rotatable bonds is 4. The minimum absolute atomic E-state index is 0.207. The maximum absolute atomic E-state index is 5.92. The number of aromatic nitrogens is 4. The van der Waals surface area contributed by atoms with Crippen molar-refractivity contribution < 1.29 is 0 Å². The molecule has 2 aromatic rings. The average molecular weight is 253 g/mol. The van der Waals surface area contributed by atoms with Crippen LogP contribution in [0.2, 0.25) is 5.02 Å². The lowest BCUT2D eigenvalue weighted by Gasteiger charge is -2.06. The number of hydrogen-bond donors (Lipinski definition) is 2. The van der Waals surface area contributed by atoms with Crippen molar-refractivity contribution in [2.45, 2.75) is 6.42 Å². The van der Waals surface area contributed by atoms with Crippen LogP contribution in [0.25, 0.3) is 0 Å². The molecule has 0 saturated heterocycles. The molecule has 17 heavy (non-hydrogen) atoms. The largest absolute Gasteiger partial charge is 0.368 e. The number of anilines is 2. The normalized spacial score (nSPS) is 10.5. The fraction of sp³-hybridized carbons (Fsp3) is 0.300. The molecular formula is C10H13ClN6. The number of nitrogen functional groups attached to an aromatic ring is 1. The van der Waals surface area contributed by atoms with Crippen molar-refractivity contribution in [2.24, 2.45) is 7.05 Å². The molecule has 0 aliphatic rings. The second kappa shape index (κ2) is 5.01. The third-order valence-electron chi connectivity index (χ3n) is 2.23. The molecule has 0 unspecified atom stereocenters. The average Bonchev–Trinajstić information content (AvgIpc) is 2.69. The first kappa shape index (κ1) is 11.7. The highest BCUT2D eigenvalue weighted by molar-refractivity contribution is 6.32. The molecule has 0 spiro atoms. The molecule has 0 saturated carbocycles. The van der Waals surface area contributed by atoms with E-state index in [-0.39, 0.29) is 5.95 Å². The van der Waals surface area contributed by atoms with Gasteiger partial charge in [0.1, 0.15) is 10.8 Å². The van der Waals surface area contributed by atoms with Gasteiger partial charge in [-0.15, -0.1) is 0 Å². The molecule has 2 aromatic heterocycles. The quantitative estimate of drug-likeness (QED) is 0.852. The highest BCUT2D eigenvalue weighted by Gasteiger charge is 2.03. The van der Waals surface area contributed by atoms with E-state index in [2.05, 4.69) is 20.4 Å². The van der Waals surface area contributed by atoms with Gasteiger partial charge in [-0.3, -0.25) is 4.68 Å². The first-order valence-corrected chi connectivity index (χ1v) is 5.52. The number of halogens is 1. The smallest absolute Gasteiger partial charge is 0.222 e. The molecule has 2 rings (SSSR count). The van der Waals surface area contributed by atoms with Gasteiger partial charge in [0.25, 0.3) is 0 Å². The highest BCUT2D eigenvalue weighted by Crippen LogP contribution is 2.18. The Hall–Kier alpha value is -1.82. The van der Waals surface area contributed by atoms with Gasteiger partial charge in [0.15, 0.2) is 0 Å². The van der Waals surface area contributed by atoms with Crippen molar-refractivity contribution in [1.82, 2.24) is 19.7 Å². The van der Waals surface area contributed by atoms with Crippen LogP contribution >= 0.6 is 11.6 Å². The van der Waals surface area contributed by atoms with Gasteiger partial charge in [-0.1, -0.05) is 11.6 Å². The molecule has 6 nitrogen and oxygen atoms in total. The SMILES string of the molecule is Cn1cc(CCNc2nc(N)ncc2Cl)cn1. The van der Waals surface area contributed by atoms with E-state index >= 15 is 0 Å². The van der Waals surface area contributed by atoms with Crippen LogP contribution in [0.3, 0.4) is 0 Å². The molecule has 7 heteroatoms. The third kappa shape index (κ3) is 3.07. The van der Waals surface area contributed by atoms with Crippen LogP contribution in [0.15, 0.2) is 18.6 Å². The van der Waals surface area contributed by atoms with Crippen LogP contribution in [-0.2, 0) is 13.5 Å². The van der Waals surface area contributed by atoms with Crippen molar-refractivity contribution in [3.8, 4) is 0 Å². The number of hydrogen-bond acceptors (Lipinski definition) is 5. The van der Waals surface area contributed by atoms with Gasteiger partial charge in [0.2, 0.25) is 5.95 Å². The number of aryl methyl sites for hydroxylation is 1. The molecule has 0 radical (unpaired) electrons. The van der Waals surface area contributed by atoms with E-state index in [0.29, 0.717) is 17.4 Å². The van der Waals surface area contributed by atoms with Crippen LogP contribution < -0.4 is 11.1 Å². The fourth-order valence-corrected chi connectivity index (χ4v) is 1.59. The van der Waals surface area contributed by atoms with E-state index in [1.807, 2.05) is 19.4 Å². The summed E-state index contributed by atoms with van der Waals surface area (Å²) in [5.74, 6) is 0.765. The molecule has 2 heterocycles. The van der Waals surface area contributed by atoms with Crippen molar-refractivity contribution in [3.05, 3.63) is 29.2 Å². The van der Waals surface area contributed by atoms with Gasteiger partial charge < -0.3 is 11.1 Å². The number of nitrogens with zero attached hydrogens (tertiary/aromatic N) is 4. The van der Waals surface area contributed by atoms with E-state index in [1.165, 1.54) is 6.20 Å². The Balaban J connectivity index is 1.91. The summed E-state index contributed by atoms with van der Waals surface area (Å²) in [4.78, 5) is 7.80. The van der Waals surface area contributed by atoms with Gasteiger partial charge in [-0.2, -0.15) is 10.1 Å². The zero-order valence-corrected chi connectivity index (χ0v) is 10.1. The molecule has 90 valence electrons. The summed E-state index contributed by atoms with van der Waals surface area (Å²) in [6.07, 6.45) is 6.12. The standard InChI is InChI=1S/C10H13ClN6/c1-17-6-7(4-15-17)2-3-13-9-8(11)5-14-10(12)16-9/h4-6H,2-3H2,1H3,(H3,12,13,14,16). The predicted octanol–water partition coefficient (Wildman–Crippen LogP) is 1.10. The van der Waals surface area contributed by atoms with Gasteiger partial charge in [-0.05, 0) is 12.0 Å². The lowest BCUT2D eigenvalue weighted by atomic mass is 10.2. The number of nitrogens with two attached hydrogens (primary N) is 1. The summed E-state index contributed by atoms with van der Waals surface area (Å²) in [5.41, 5.74) is 6.63. The summed E-state index contributed by atoms with van der Waals surface area (Å²) in [6, 6.07) is 0. The second-order valence-electron chi connectivity index (χ2n) is 3.62. The summed E-state index contributed by atoms with van der Waals surface area (Å²) >= 11 is 5.92. The minimum Gasteiger partial charge on any atom is -0.368 e. The molecule has 0 amide bonds. The van der Waals surface area contributed by atoms with Gasteiger partial charge in [-0.25, -0.2) is 4.98 Å². The van der Waals surface area contributed by atoms with Gasteiger partial charge >= 0.3 is 0 Å². The predicted molar refractivity (Wildman–Crippen MR) is 66.9 cm³/mol. The summed E-state index contributed by atoms with van der Waals surface area (Å²) in [6.45, 7) is 0.710. The Morgan fingerprint density at radius 3 is 3.00 bits per heavy atom. The summed E-state index contributed by atoms with van der Waals surface area (Å²) < 4.78 is 1.77. The molecule has 0 bridgehead atoms. The number of nitrogens with one attached hydrogen (secondary N) is 1. The van der Waals surface area contributed by atoms with Crippen LogP contribution in [-0.4, -0.2) is 26.3 Å². The van der Waals surface area contributed by atoms with E-state index in [1.54, 1.807) is 4.68 Å². The van der Waals surface area contributed by atoms with Crippen molar-refractivity contribution in [1.29, 1.82) is 0 Å². The fourth-order valence-electron chi connectivity index (χ4n) is 1.43. The van der Waals surface area contributed by atoms with E-state index in [9.17, 15) is 0 Å². The van der Waals surface area contributed by atoms with Crippen LogP contribution in [0.5, 0.6) is 0 Å². The molecule has 0 fully saturated rings. The van der Waals surface area contributed by atoms with Gasteiger partial charge in [0, 0.05) is 19.8 Å². The molecule has 3 N–H and O–H groups in total. The maximum Gasteiger partial charge on any atom is 0.222 e. The van der Waals surface area contributed by atoms with Crippen LogP contribution in [0.1, 0.15) is 5.56 Å². The second-order valence-corrected chi connectivity index (χ2v) is 4.03. The van der Waals surface area contributed by atoms with Gasteiger partial charge in [0.05, 0.1) is 12.4 Å². The Bertz CT molecular complexity index is 509. The Kier molecular flexibility index (Phi) is 3.43. The molecule has 0 aromatic carbocycles. The molecule has 0 aliphatic heterocycles. The lowest BCUT2D eigenvalue weighted by molar-refractivity contribution is 0.767. The van der Waals surface area contributed by atoms with Crippen molar-refractivity contribution in [2.75, 3.05) is 17.6 Å². The molecular weight excluding hydrogens is 240 g/mol. The lowest BCUT2D eigenvalue weighted by Crippen LogP contribution is -2.08. The van der Waals surface area contributed by atoms with Crippen molar-refractivity contribution in [3.63, 3.8) is 0 Å². The first-order chi connectivity index (χ1) is 8.15. The van der Waals surface area contributed by atoms with E-state index in [0.717, 1.165) is 12.0 Å². The zero-order chi connectivity index (χ0) is 12.3. The highest BCUT2D eigenvalue weighted by atomic mass is 35.5. The third-order valence-corrected chi connectivity index (χ3v) is 2.50. The topological polar surface area (TPSA) is 81.7 Å². The van der Waals surface area contributed by atoms with Crippen LogP contribution in [0, 0.1) is 0 Å².